The Morgan fingerprint density at radius 1 is 1.53 bits per heavy atom. The minimum atomic E-state index is 0.289. The van der Waals surface area contributed by atoms with Crippen LogP contribution in [0.15, 0.2) is 5.16 Å². The van der Waals surface area contributed by atoms with E-state index in [0.717, 1.165) is 54.7 Å². The van der Waals surface area contributed by atoms with Crippen molar-refractivity contribution in [1.29, 1.82) is 0 Å². The molecule has 1 N–H and O–H groups in total. The number of piperidine rings is 1. The van der Waals surface area contributed by atoms with E-state index in [9.17, 15) is 0 Å². The minimum absolute atomic E-state index is 0.289. The zero-order valence-corrected chi connectivity index (χ0v) is 12.5. The van der Waals surface area contributed by atoms with Crippen LogP contribution < -0.4 is 0 Å². The number of hydrogen-bond acceptors (Lipinski definition) is 4. The monoisotopic (exact) mass is 284 g/mol. The van der Waals surface area contributed by atoms with Gasteiger partial charge in [0.2, 0.25) is 0 Å². The Morgan fingerprint density at radius 3 is 2.84 bits per heavy atom. The van der Waals surface area contributed by atoms with Gasteiger partial charge in [0.1, 0.15) is 0 Å². The first-order valence-electron chi connectivity index (χ1n) is 6.71. The minimum Gasteiger partial charge on any atom is -0.411 e. The van der Waals surface area contributed by atoms with Gasteiger partial charge in [0.15, 0.2) is 0 Å². The molecule has 0 radical (unpaired) electrons. The molecule has 0 bridgehead atoms. The molecule has 6 heteroatoms. The van der Waals surface area contributed by atoms with E-state index in [2.05, 4.69) is 29.0 Å². The molecule has 1 unspecified atom stereocenters. The highest BCUT2D eigenvalue weighted by molar-refractivity contribution is 6.31. The number of rotatable bonds is 3. The molecule has 5 nitrogen and oxygen atoms in total. The molecule has 19 heavy (non-hydrogen) atoms. The first-order chi connectivity index (χ1) is 9.06. The highest BCUT2D eigenvalue weighted by atomic mass is 35.5. The SMILES string of the molecule is CCn1nc(C)c(Cl)c1CN1CCC(=NO)C(C)C1. The van der Waals surface area contributed by atoms with Crippen LogP contribution in [0.1, 0.15) is 31.7 Å². The number of likely N-dealkylation sites (tertiary alicyclic amines) is 1. The molecule has 1 atom stereocenters. The van der Waals surface area contributed by atoms with Crippen LogP contribution in [0.4, 0.5) is 0 Å². The topological polar surface area (TPSA) is 53.7 Å². The molecule has 1 aromatic heterocycles. The lowest BCUT2D eigenvalue weighted by molar-refractivity contribution is 0.223. The largest absolute Gasteiger partial charge is 0.411 e. The van der Waals surface area contributed by atoms with Gasteiger partial charge >= 0.3 is 0 Å². The number of hydrogen-bond donors (Lipinski definition) is 1. The smallest absolute Gasteiger partial charge is 0.0860 e. The third-order valence-electron chi connectivity index (χ3n) is 3.74. The second-order valence-electron chi connectivity index (χ2n) is 5.14. The van der Waals surface area contributed by atoms with Crippen molar-refractivity contribution in [3.8, 4) is 0 Å². The van der Waals surface area contributed by atoms with Crippen molar-refractivity contribution in [3.05, 3.63) is 16.4 Å². The fraction of sp³-hybridized carbons (Fsp3) is 0.692. The van der Waals surface area contributed by atoms with Gasteiger partial charge in [-0.05, 0) is 13.8 Å². The Kier molecular flexibility index (Phi) is 4.47. The average Bonchev–Trinajstić information content (AvgIpc) is 2.67. The maximum absolute atomic E-state index is 8.90. The average molecular weight is 285 g/mol. The molecule has 1 saturated heterocycles. The summed E-state index contributed by atoms with van der Waals surface area (Å²) in [5.74, 6) is 0.289. The van der Waals surface area contributed by atoms with E-state index in [1.54, 1.807) is 0 Å². The Bertz CT molecular complexity index is 483. The van der Waals surface area contributed by atoms with E-state index in [0.29, 0.717) is 0 Å². The second kappa shape index (κ2) is 5.92. The second-order valence-corrected chi connectivity index (χ2v) is 5.52. The Labute approximate surface area is 118 Å². The number of halogens is 1. The number of aromatic nitrogens is 2. The van der Waals surface area contributed by atoms with Crippen LogP contribution in [0.5, 0.6) is 0 Å². The predicted octanol–water partition coefficient (Wildman–Crippen LogP) is 2.54. The summed E-state index contributed by atoms with van der Waals surface area (Å²) in [6.07, 6.45) is 0.814. The molecular weight excluding hydrogens is 264 g/mol. The van der Waals surface area contributed by atoms with E-state index in [1.165, 1.54) is 0 Å². The molecule has 0 saturated carbocycles. The quantitative estimate of drug-likeness (QED) is 0.685. The summed E-state index contributed by atoms with van der Waals surface area (Å²) in [5, 5.41) is 17.5. The summed E-state index contributed by atoms with van der Waals surface area (Å²) >= 11 is 6.33. The molecule has 2 heterocycles. The molecular formula is C13H21ClN4O. The molecule has 1 aliphatic rings. The molecule has 0 aliphatic carbocycles. The van der Waals surface area contributed by atoms with Crippen molar-refractivity contribution in [2.45, 2.75) is 40.3 Å². The number of nitrogens with zero attached hydrogens (tertiary/aromatic N) is 4. The summed E-state index contributed by atoms with van der Waals surface area (Å²) < 4.78 is 1.97. The molecule has 1 fully saturated rings. The summed E-state index contributed by atoms with van der Waals surface area (Å²) in [5.41, 5.74) is 2.86. The van der Waals surface area contributed by atoms with E-state index in [-0.39, 0.29) is 5.92 Å². The predicted molar refractivity (Wildman–Crippen MR) is 75.9 cm³/mol. The fourth-order valence-electron chi connectivity index (χ4n) is 2.63. The van der Waals surface area contributed by atoms with E-state index in [4.69, 9.17) is 16.8 Å². The summed E-state index contributed by atoms with van der Waals surface area (Å²) in [7, 11) is 0. The van der Waals surface area contributed by atoms with Gasteiger partial charge in [-0.3, -0.25) is 9.58 Å². The van der Waals surface area contributed by atoms with Crippen LogP contribution in [-0.4, -0.2) is 38.7 Å². The summed E-state index contributed by atoms with van der Waals surface area (Å²) in [4.78, 5) is 2.34. The van der Waals surface area contributed by atoms with Crippen LogP contribution in [0.25, 0.3) is 0 Å². The van der Waals surface area contributed by atoms with E-state index >= 15 is 0 Å². The van der Waals surface area contributed by atoms with Gasteiger partial charge in [0.05, 0.1) is 22.1 Å². The standard InChI is InChI=1S/C13H21ClN4O/c1-4-18-12(13(14)10(3)15-18)8-17-6-5-11(16-19)9(2)7-17/h9,19H,4-8H2,1-3H3. The van der Waals surface area contributed by atoms with Crippen molar-refractivity contribution in [1.82, 2.24) is 14.7 Å². The van der Waals surface area contributed by atoms with Gasteiger partial charge in [-0.1, -0.05) is 23.7 Å². The molecule has 1 aromatic rings. The molecule has 0 aromatic carbocycles. The Morgan fingerprint density at radius 2 is 2.26 bits per heavy atom. The zero-order valence-electron chi connectivity index (χ0n) is 11.7. The number of oxime groups is 1. The third-order valence-corrected chi connectivity index (χ3v) is 4.23. The van der Waals surface area contributed by atoms with Gasteiger partial charge in [0, 0.05) is 38.5 Å². The first-order valence-corrected chi connectivity index (χ1v) is 7.09. The van der Waals surface area contributed by atoms with Crippen molar-refractivity contribution in [2.24, 2.45) is 11.1 Å². The van der Waals surface area contributed by atoms with Gasteiger partial charge < -0.3 is 5.21 Å². The van der Waals surface area contributed by atoms with Crippen LogP contribution in [0, 0.1) is 12.8 Å². The fourth-order valence-corrected chi connectivity index (χ4v) is 2.82. The van der Waals surface area contributed by atoms with Crippen LogP contribution in [-0.2, 0) is 13.1 Å². The van der Waals surface area contributed by atoms with Gasteiger partial charge in [-0.2, -0.15) is 5.10 Å². The van der Waals surface area contributed by atoms with E-state index < -0.39 is 0 Å². The van der Waals surface area contributed by atoms with Gasteiger partial charge in [-0.15, -0.1) is 0 Å². The first kappa shape index (κ1) is 14.3. The summed E-state index contributed by atoms with van der Waals surface area (Å²) in [6.45, 7) is 9.52. The summed E-state index contributed by atoms with van der Waals surface area (Å²) in [6, 6.07) is 0. The number of aryl methyl sites for hydroxylation is 2. The Hall–Kier alpha value is -1.07. The van der Waals surface area contributed by atoms with E-state index in [1.807, 2.05) is 11.6 Å². The van der Waals surface area contributed by atoms with Crippen molar-refractivity contribution < 1.29 is 5.21 Å². The molecule has 0 spiro atoms. The highest BCUT2D eigenvalue weighted by Gasteiger charge is 2.24. The normalized spacial score (nSPS) is 23.2. The van der Waals surface area contributed by atoms with Crippen LogP contribution >= 0.6 is 11.6 Å². The van der Waals surface area contributed by atoms with Crippen LogP contribution in [0.2, 0.25) is 5.02 Å². The molecule has 0 amide bonds. The lowest BCUT2D eigenvalue weighted by Crippen LogP contribution is -2.39. The lowest BCUT2D eigenvalue weighted by Gasteiger charge is -2.31. The third kappa shape index (κ3) is 2.92. The van der Waals surface area contributed by atoms with Crippen molar-refractivity contribution in [2.75, 3.05) is 13.1 Å². The van der Waals surface area contributed by atoms with Gasteiger partial charge in [-0.25, -0.2) is 0 Å². The zero-order chi connectivity index (χ0) is 14.0. The van der Waals surface area contributed by atoms with Crippen molar-refractivity contribution in [3.63, 3.8) is 0 Å². The molecule has 106 valence electrons. The molecule has 1 aliphatic heterocycles. The van der Waals surface area contributed by atoms with Crippen LogP contribution in [0.3, 0.4) is 0 Å². The maximum atomic E-state index is 8.90. The lowest BCUT2D eigenvalue weighted by atomic mass is 9.97. The Balaban J connectivity index is 2.10. The van der Waals surface area contributed by atoms with Crippen molar-refractivity contribution >= 4 is 17.3 Å². The maximum Gasteiger partial charge on any atom is 0.0860 e. The molecule has 2 rings (SSSR count). The highest BCUT2D eigenvalue weighted by Crippen LogP contribution is 2.24. The van der Waals surface area contributed by atoms with Gasteiger partial charge in [0.25, 0.3) is 0 Å².